The number of rotatable bonds is 6. The molecule has 0 atom stereocenters. The molecule has 2 aromatic rings. The Kier molecular flexibility index (Phi) is 6.17. The van der Waals surface area contributed by atoms with Gasteiger partial charge in [-0.2, -0.15) is 0 Å². The highest BCUT2D eigenvalue weighted by Gasteiger charge is 2.19. The Labute approximate surface area is 155 Å². The second-order valence-corrected chi connectivity index (χ2v) is 7.11. The highest BCUT2D eigenvalue weighted by atomic mass is 16.1. The summed E-state index contributed by atoms with van der Waals surface area (Å²) in [4.78, 5) is 25.4. The first kappa shape index (κ1) is 18.3. The smallest absolute Gasteiger partial charge is 0.271 e. The first-order chi connectivity index (χ1) is 12.6. The molecule has 1 aliphatic heterocycles. The lowest BCUT2D eigenvalue weighted by Gasteiger charge is -2.35. The Morgan fingerprint density at radius 3 is 2.42 bits per heavy atom. The Morgan fingerprint density at radius 1 is 1.08 bits per heavy atom. The minimum absolute atomic E-state index is 0.162. The molecule has 0 spiro atoms. The maximum Gasteiger partial charge on any atom is 0.271 e. The van der Waals surface area contributed by atoms with Crippen LogP contribution >= 0.6 is 0 Å². The molecule has 2 heterocycles. The van der Waals surface area contributed by atoms with Gasteiger partial charge in [-0.05, 0) is 11.5 Å². The highest BCUT2D eigenvalue weighted by molar-refractivity contribution is 5.92. The van der Waals surface area contributed by atoms with Gasteiger partial charge >= 0.3 is 0 Å². The third kappa shape index (κ3) is 5.02. The number of hydrogen-bond donors (Lipinski definition) is 1. The number of nitrogens with one attached hydrogen (secondary N) is 1. The molecule has 138 valence electrons. The zero-order chi connectivity index (χ0) is 18.4. The minimum Gasteiger partial charge on any atom is -0.353 e. The van der Waals surface area contributed by atoms with Gasteiger partial charge in [-0.1, -0.05) is 44.2 Å². The molecular weight excluding hydrogens is 326 g/mol. The standard InChI is InChI=1S/C20H27N5O/c1-16(2)12-23-20(26)18-13-22-19(14-21-18)25-10-8-24(9-11-25)15-17-6-4-3-5-7-17/h3-7,13-14,16H,8-12,15H2,1-2H3,(H,23,26). The van der Waals surface area contributed by atoms with Crippen LogP contribution in [0.3, 0.4) is 0 Å². The van der Waals surface area contributed by atoms with E-state index in [1.54, 1.807) is 12.4 Å². The summed E-state index contributed by atoms with van der Waals surface area (Å²) >= 11 is 0. The molecule has 1 aliphatic rings. The van der Waals surface area contributed by atoms with E-state index in [-0.39, 0.29) is 5.91 Å². The van der Waals surface area contributed by atoms with E-state index in [2.05, 4.69) is 63.2 Å². The van der Waals surface area contributed by atoms with Crippen LogP contribution in [0.2, 0.25) is 0 Å². The zero-order valence-corrected chi connectivity index (χ0v) is 15.6. The number of nitrogens with zero attached hydrogens (tertiary/aromatic N) is 4. The van der Waals surface area contributed by atoms with Crippen LogP contribution in [-0.4, -0.2) is 53.5 Å². The van der Waals surface area contributed by atoms with Crippen LogP contribution in [0.25, 0.3) is 0 Å². The second-order valence-electron chi connectivity index (χ2n) is 7.11. The average molecular weight is 353 g/mol. The van der Waals surface area contributed by atoms with Gasteiger partial charge in [0.1, 0.15) is 11.5 Å². The van der Waals surface area contributed by atoms with Crippen molar-refractivity contribution in [2.24, 2.45) is 5.92 Å². The van der Waals surface area contributed by atoms with E-state index in [0.717, 1.165) is 38.5 Å². The van der Waals surface area contributed by atoms with Crippen LogP contribution < -0.4 is 10.2 Å². The van der Waals surface area contributed by atoms with Gasteiger partial charge in [-0.25, -0.2) is 9.97 Å². The maximum atomic E-state index is 12.0. The summed E-state index contributed by atoms with van der Waals surface area (Å²) in [5, 5.41) is 2.86. The fourth-order valence-corrected chi connectivity index (χ4v) is 2.97. The van der Waals surface area contributed by atoms with Crippen LogP contribution in [-0.2, 0) is 6.54 Å². The molecule has 6 heteroatoms. The lowest BCUT2D eigenvalue weighted by Crippen LogP contribution is -2.46. The van der Waals surface area contributed by atoms with E-state index >= 15 is 0 Å². The molecule has 1 amide bonds. The zero-order valence-electron chi connectivity index (χ0n) is 15.6. The van der Waals surface area contributed by atoms with Crippen molar-refractivity contribution in [1.82, 2.24) is 20.2 Å². The largest absolute Gasteiger partial charge is 0.353 e. The van der Waals surface area contributed by atoms with Crippen molar-refractivity contribution >= 4 is 11.7 Å². The number of benzene rings is 1. The fourth-order valence-electron chi connectivity index (χ4n) is 2.97. The Bertz CT molecular complexity index is 694. The summed E-state index contributed by atoms with van der Waals surface area (Å²) in [6.07, 6.45) is 3.28. The van der Waals surface area contributed by atoms with Gasteiger partial charge in [0.15, 0.2) is 0 Å². The van der Waals surface area contributed by atoms with E-state index in [0.29, 0.717) is 18.2 Å². The van der Waals surface area contributed by atoms with E-state index in [4.69, 9.17) is 0 Å². The molecule has 6 nitrogen and oxygen atoms in total. The number of carbonyl (C=O) groups is 1. The quantitative estimate of drug-likeness (QED) is 0.862. The van der Waals surface area contributed by atoms with Gasteiger partial charge in [0.05, 0.1) is 12.4 Å². The van der Waals surface area contributed by atoms with Gasteiger partial charge in [0.2, 0.25) is 0 Å². The van der Waals surface area contributed by atoms with Crippen molar-refractivity contribution in [2.45, 2.75) is 20.4 Å². The molecule has 0 bridgehead atoms. The molecule has 1 N–H and O–H groups in total. The van der Waals surface area contributed by atoms with Gasteiger partial charge in [0.25, 0.3) is 5.91 Å². The molecule has 1 aromatic heterocycles. The monoisotopic (exact) mass is 353 g/mol. The predicted molar refractivity (Wildman–Crippen MR) is 103 cm³/mol. The molecule has 0 aliphatic carbocycles. The summed E-state index contributed by atoms with van der Waals surface area (Å²) in [5.41, 5.74) is 1.72. The maximum absolute atomic E-state index is 12.0. The van der Waals surface area contributed by atoms with Gasteiger partial charge in [-0.15, -0.1) is 0 Å². The molecule has 26 heavy (non-hydrogen) atoms. The summed E-state index contributed by atoms with van der Waals surface area (Å²) in [6.45, 7) is 9.57. The van der Waals surface area contributed by atoms with Crippen LogP contribution in [0.1, 0.15) is 29.9 Å². The SMILES string of the molecule is CC(C)CNC(=O)c1cnc(N2CCN(Cc3ccccc3)CC2)cn1. The molecule has 1 aromatic carbocycles. The molecule has 0 radical (unpaired) electrons. The van der Waals surface area contributed by atoms with Gasteiger partial charge in [-0.3, -0.25) is 9.69 Å². The van der Waals surface area contributed by atoms with Crippen molar-refractivity contribution in [3.8, 4) is 0 Å². The molecule has 0 unspecified atom stereocenters. The first-order valence-corrected chi connectivity index (χ1v) is 9.23. The van der Waals surface area contributed by atoms with E-state index in [9.17, 15) is 4.79 Å². The number of anilines is 1. The Hall–Kier alpha value is -2.47. The highest BCUT2D eigenvalue weighted by Crippen LogP contribution is 2.14. The second kappa shape index (κ2) is 8.76. The van der Waals surface area contributed by atoms with Crippen molar-refractivity contribution in [3.05, 3.63) is 54.0 Å². The van der Waals surface area contributed by atoms with Crippen LogP contribution in [0.4, 0.5) is 5.82 Å². The van der Waals surface area contributed by atoms with Crippen molar-refractivity contribution in [2.75, 3.05) is 37.6 Å². The van der Waals surface area contributed by atoms with Gasteiger partial charge in [0, 0.05) is 39.3 Å². The molecule has 1 fully saturated rings. The molecule has 3 rings (SSSR count). The van der Waals surface area contributed by atoms with Crippen molar-refractivity contribution in [3.63, 3.8) is 0 Å². The van der Waals surface area contributed by atoms with Gasteiger partial charge < -0.3 is 10.2 Å². The van der Waals surface area contributed by atoms with Crippen molar-refractivity contribution in [1.29, 1.82) is 0 Å². The molecule has 0 saturated carbocycles. The van der Waals surface area contributed by atoms with Crippen LogP contribution in [0.5, 0.6) is 0 Å². The minimum atomic E-state index is -0.162. The average Bonchev–Trinajstić information content (AvgIpc) is 2.68. The number of piperazine rings is 1. The molecular formula is C20H27N5O. The topological polar surface area (TPSA) is 61.4 Å². The number of carbonyl (C=O) groups excluding carboxylic acids is 1. The number of hydrogen-bond acceptors (Lipinski definition) is 5. The van der Waals surface area contributed by atoms with Crippen LogP contribution in [0, 0.1) is 5.92 Å². The van der Waals surface area contributed by atoms with Crippen LogP contribution in [0.15, 0.2) is 42.7 Å². The summed E-state index contributed by atoms with van der Waals surface area (Å²) in [7, 11) is 0. The third-order valence-electron chi connectivity index (χ3n) is 4.49. The Balaban J connectivity index is 1.50. The first-order valence-electron chi connectivity index (χ1n) is 9.23. The summed E-state index contributed by atoms with van der Waals surface area (Å²) < 4.78 is 0. The third-order valence-corrected chi connectivity index (χ3v) is 4.49. The van der Waals surface area contributed by atoms with E-state index in [1.807, 2.05) is 6.07 Å². The Morgan fingerprint density at radius 2 is 1.81 bits per heavy atom. The predicted octanol–water partition coefficient (Wildman–Crippen LogP) is 2.18. The van der Waals surface area contributed by atoms with Crippen molar-refractivity contribution < 1.29 is 4.79 Å². The number of amides is 1. The lowest BCUT2D eigenvalue weighted by atomic mass is 10.2. The number of aromatic nitrogens is 2. The summed E-state index contributed by atoms with van der Waals surface area (Å²) in [5.74, 6) is 1.09. The van der Waals surface area contributed by atoms with E-state index in [1.165, 1.54) is 5.56 Å². The summed E-state index contributed by atoms with van der Waals surface area (Å²) in [6, 6.07) is 10.6. The van der Waals surface area contributed by atoms with E-state index < -0.39 is 0 Å². The fraction of sp³-hybridized carbons (Fsp3) is 0.450. The lowest BCUT2D eigenvalue weighted by molar-refractivity contribution is 0.0943. The normalized spacial score (nSPS) is 15.3. The molecule has 1 saturated heterocycles.